The largest absolute Gasteiger partial charge is 0.382 e. The zero-order valence-electron chi connectivity index (χ0n) is 7.47. The molecule has 0 aliphatic heterocycles. The SMILES string of the molecule is COCC(CC(C)CBr)OC. The Labute approximate surface area is 77.4 Å². The summed E-state index contributed by atoms with van der Waals surface area (Å²) in [5, 5.41) is 1.02. The van der Waals surface area contributed by atoms with Gasteiger partial charge in [0, 0.05) is 19.5 Å². The van der Waals surface area contributed by atoms with Gasteiger partial charge in [0.25, 0.3) is 0 Å². The van der Waals surface area contributed by atoms with E-state index in [2.05, 4.69) is 22.9 Å². The van der Waals surface area contributed by atoms with Gasteiger partial charge in [0.05, 0.1) is 12.7 Å². The van der Waals surface area contributed by atoms with Crippen molar-refractivity contribution < 1.29 is 9.47 Å². The molecule has 0 amide bonds. The van der Waals surface area contributed by atoms with E-state index in [1.165, 1.54) is 0 Å². The summed E-state index contributed by atoms with van der Waals surface area (Å²) in [7, 11) is 3.43. The van der Waals surface area contributed by atoms with E-state index in [0.29, 0.717) is 12.5 Å². The normalized spacial score (nSPS) is 16.4. The van der Waals surface area contributed by atoms with Gasteiger partial charge in [-0.15, -0.1) is 0 Å². The molecule has 2 unspecified atom stereocenters. The van der Waals surface area contributed by atoms with Gasteiger partial charge >= 0.3 is 0 Å². The Morgan fingerprint density at radius 1 is 1.36 bits per heavy atom. The van der Waals surface area contributed by atoms with Crippen molar-refractivity contribution in [2.24, 2.45) is 5.92 Å². The molecule has 3 heteroatoms. The zero-order valence-corrected chi connectivity index (χ0v) is 9.06. The van der Waals surface area contributed by atoms with E-state index >= 15 is 0 Å². The summed E-state index contributed by atoms with van der Waals surface area (Å²) in [6, 6.07) is 0. The van der Waals surface area contributed by atoms with Gasteiger partial charge in [-0.1, -0.05) is 22.9 Å². The van der Waals surface area contributed by atoms with Crippen LogP contribution in [0.1, 0.15) is 13.3 Å². The molecule has 0 aliphatic rings. The average molecular weight is 225 g/mol. The van der Waals surface area contributed by atoms with E-state index in [9.17, 15) is 0 Å². The fourth-order valence-corrected chi connectivity index (χ4v) is 1.19. The van der Waals surface area contributed by atoms with Crippen LogP contribution >= 0.6 is 15.9 Å². The second-order valence-corrected chi connectivity index (χ2v) is 3.46. The Kier molecular flexibility index (Phi) is 7.33. The molecule has 0 aromatic heterocycles. The van der Waals surface area contributed by atoms with Crippen LogP contribution in [0.4, 0.5) is 0 Å². The molecule has 0 rings (SSSR count). The standard InChI is InChI=1S/C8H17BrO2/c1-7(5-9)4-8(11-3)6-10-2/h7-8H,4-6H2,1-3H3. The molecular formula is C8H17BrO2. The van der Waals surface area contributed by atoms with Crippen LogP contribution in [0.25, 0.3) is 0 Å². The first-order valence-corrected chi connectivity index (χ1v) is 4.94. The second kappa shape index (κ2) is 7.07. The van der Waals surface area contributed by atoms with E-state index in [4.69, 9.17) is 9.47 Å². The molecule has 2 atom stereocenters. The van der Waals surface area contributed by atoms with E-state index in [0.717, 1.165) is 11.8 Å². The van der Waals surface area contributed by atoms with Crippen molar-refractivity contribution in [3.63, 3.8) is 0 Å². The molecule has 0 heterocycles. The Hall–Kier alpha value is 0.400. The van der Waals surface area contributed by atoms with Crippen LogP contribution in [0.5, 0.6) is 0 Å². The summed E-state index contributed by atoms with van der Waals surface area (Å²) in [5.74, 6) is 0.648. The van der Waals surface area contributed by atoms with Crippen LogP contribution in [-0.2, 0) is 9.47 Å². The number of rotatable bonds is 6. The lowest BCUT2D eigenvalue weighted by molar-refractivity contribution is 0.0169. The zero-order chi connectivity index (χ0) is 8.69. The van der Waals surface area contributed by atoms with Crippen molar-refractivity contribution in [1.82, 2.24) is 0 Å². The van der Waals surface area contributed by atoms with Crippen molar-refractivity contribution in [2.75, 3.05) is 26.2 Å². The van der Waals surface area contributed by atoms with Crippen LogP contribution in [0.3, 0.4) is 0 Å². The minimum atomic E-state index is 0.243. The molecule has 0 spiro atoms. The summed E-state index contributed by atoms with van der Waals surface area (Å²) in [6.45, 7) is 2.88. The Morgan fingerprint density at radius 2 is 2.00 bits per heavy atom. The molecule has 0 aromatic rings. The smallest absolute Gasteiger partial charge is 0.0807 e. The van der Waals surface area contributed by atoms with Gasteiger partial charge in [0.2, 0.25) is 0 Å². The van der Waals surface area contributed by atoms with Crippen LogP contribution in [0.2, 0.25) is 0 Å². The molecule has 0 aliphatic carbocycles. The third kappa shape index (κ3) is 5.65. The fourth-order valence-electron chi connectivity index (χ4n) is 0.930. The van der Waals surface area contributed by atoms with Crippen LogP contribution in [0.15, 0.2) is 0 Å². The first kappa shape index (κ1) is 11.4. The van der Waals surface area contributed by atoms with Crippen molar-refractivity contribution >= 4 is 15.9 Å². The predicted octanol–water partition coefficient (Wildman–Crippen LogP) is 2.07. The van der Waals surface area contributed by atoms with Crippen molar-refractivity contribution in [1.29, 1.82) is 0 Å². The number of halogens is 1. The van der Waals surface area contributed by atoms with E-state index in [-0.39, 0.29) is 6.10 Å². The van der Waals surface area contributed by atoms with Gasteiger partial charge in [-0.05, 0) is 12.3 Å². The molecule has 11 heavy (non-hydrogen) atoms. The van der Waals surface area contributed by atoms with E-state index in [1.807, 2.05) is 0 Å². The van der Waals surface area contributed by atoms with Gasteiger partial charge in [0.1, 0.15) is 0 Å². The summed E-state index contributed by atoms with van der Waals surface area (Å²) >= 11 is 3.43. The molecule has 68 valence electrons. The first-order valence-electron chi connectivity index (χ1n) is 3.82. The monoisotopic (exact) mass is 224 g/mol. The highest BCUT2D eigenvalue weighted by atomic mass is 79.9. The summed E-state index contributed by atoms with van der Waals surface area (Å²) in [6.07, 6.45) is 1.29. The average Bonchev–Trinajstić information content (AvgIpc) is 2.03. The second-order valence-electron chi connectivity index (χ2n) is 2.81. The highest BCUT2D eigenvalue weighted by Crippen LogP contribution is 2.10. The highest BCUT2D eigenvalue weighted by molar-refractivity contribution is 9.09. The third-order valence-corrected chi connectivity index (χ3v) is 2.72. The lowest BCUT2D eigenvalue weighted by Crippen LogP contribution is -2.20. The molecule has 0 fully saturated rings. The molecule has 0 saturated carbocycles. The Bertz CT molecular complexity index is 88.2. The number of hydrogen-bond donors (Lipinski definition) is 0. The summed E-state index contributed by atoms with van der Waals surface area (Å²) in [5.41, 5.74) is 0. The molecule has 2 nitrogen and oxygen atoms in total. The van der Waals surface area contributed by atoms with Gasteiger partial charge in [-0.3, -0.25) is 0 Å². The van der Waals surface area contributed by atoms with Crippen molar-refractivity contribution in [3.8, 4) is 0 Å². The highest BCUT2D eigenvalue weighted by Gasteiger charge is 2.10. The molecule has 0 N–H and O–H groups in total. The Morgan fingerprint density at radius 3 is 2.36 bits per heavy atom. The van der Waals surface area contributed by atoms with Gasteiger partial charge in [0.15, 0.2) is 0 Å². The third-order valence-electron chi connectivity index (χ3n) is 1.61. The summed E-state index contributed by atoms with van der Waals surface area (Å²) in [4.78, 5) is 0. The predicted molar refractivity (Wildman–Crippen MR) is 50.2 cm³/mol. The molecule has 0 radical (unpaired) electrons. The Balaban J connectivity index is 3.49. The number of hydrogen-bond acceptors (Lipinski definition) is 2. The van der Waals surface area contributed by atoms with E-state index < -0.39 is 0 Å². The summed E-state index contributed by atoms with van der Waals surface area (Å²) < 4.78 is 10.2. The molecular weight excluding hydrogens is 208 g/mol. The maximum Gasteiger partial charge on any atom is 0.0807 e. The molecule has 0 aromatic carbocycles. The quantitative estimate of drug-likeness (QED) is 0.644. The topological polar surface area (TPSA) is 18.5 Å². The van der Waals surface area contributed by atoms with Gasteiger partial charge < -0.3 is 9.47 Å². The molecule has 0 bridgehead atoms. The van der Waals surface area contributed by atoms with E-state index in [1.54, 1.807) is 14.2 Å². The number of methoxy groups -OCH3 is 2. The lowest BCUT2D eigenvalue weighted by Gasteiger charge is -2.17. The van der Waals surface area contributed by atoms with Gasteiger partial charge in [-0.2, -0.15) is 0 Å². The van der Waals surface area contributed by atoms with Crippen molar-refractivity contribution in [3.05, 3.63) is 0 Å². The first-order chi connectivity index (χ1) is 5.24. The van der Waals surface area contributed by atoms with Crippen molar-refractivity contribution in [2.45, 2.75) is 19.4 Å². The lowest BCUT2D eigenvalue weighted by atomic mass is 10.1. The minimum absolute atomic E-state index is 0.243. The fraction of sp³-hybridized carbons (Fsp3) is 1.00. The maximum absolute atomic E-state index is 5.22. The molecule has 0 saturated heterocycles. The maximum atomic E-state index is 5.22. The van der Waals surface area contributed by atoms with Crippen LogP contribution < -0.4 is 0 Å². The number of alkyl halides is 1. The van der Waals surface area contributed by atoms with Crippen LogP contribution in [-0.4, -0.2) is 32.3 Å². The van der Waals surface area contributed by atoms with Crippen LogP contribution in [0, 0.1) is 5.92 Å². The number of ether oxygens (including phenoxy) is 2. The minimum Gasteiger partial charge on any atom is -0.382 e. The van der Waals surface area contributed by atoms with Gasteiger partial charge in [-0.25, -0.2) is 0 Å².